The van der Waals surface area contributed by atoms with Crippen molar-refractivity contribution in [3.8, 4) is 16.8 Å². The number of alkyl halides is 3. The van der Waals surface area contributed by atoms with Gasteiger partial charge < -0.3 is 20.7 Å². The highest BCUT2D eigenvalue weighted by molar-refractivity contribution is 6.11. The van der Waals surface area contributed by atoms with Crippen LogP contribution in [0.25, 0.3) is 27.8 Å². The van der Waals surface area contributed by atoms with Gasteiger partial charge in [0.2, 0.25) is 0 Å². The van der Waals surface area contributed by atoms with E-state index in [0.717, 1.165) is 34.3 Å². The van der Waals surface area contributed by atoms with Crippen molar-refractivity contribution in [3.05, 3.63) is 83.7 Å². The number of nitrogens with one attached hydrogen (secondary N) is 1. The number of β-amino-alcohol motifs (C(OH)–C–C–N with tert-alkyl or cyclic N) is 1. The van der Waals surface area contributed by atoms with E-state index in [9.17, 15) is 23.1 Å². The molecule has 1 atom stereocenters. The molecule has 2 aliphatic rings. The number of aromatic nitrogens is 3. The highest BCUT2D eigenvalue weighted by Gasteiger charge is 2.44. The average molecular weight is 590 g/mol. The Balaban J connectivity index is 1.22. The standard InChI is InChI=1S/C30H26F3N7O3/c31-30(32,33)27-25-26(40(36-27)20-9-10-24-23(13-20)28(34)37-43-24)29(42)39(16-35-25)19-7-5-17(6-8-19)22-4-2-1-3-18(22)14-38-12-11-21(41)15-38/h1-10,13,21,35,41H,11-12,14-16H2,(H2,34,37). The lowest BCUT2D eigenvalue weighted by Crippen LogP contribution is -2.41. The molecular weight excluding hydrogens is 563 g/mol. The minimum Gasteiger partial charge on any atom is -0.392 e. The number of halogens is 3. The Hall–Kier alpha value is -4.88. The van der Waals surface area contributed by atoms with Crippen molar-refractivity contribution in [3.63, 3.8) is 0 Å². The minimum absolute atomic E-state index is 0.0691. The lowest BCUT2D eigenvalue weighted by molar-refractivity contribution is -0.140. The summed E-state index contributed by atoms with van der Waals surface area (Å²) in [6.07, 6.45) is -4.36. The SMILES string of the molecule is Nc1noc2ccc(-n3nc(C(F)(F)F)c4c3C(=O)N(c3ccc(-c5ccccc5CN5CCC(O)C5)cc3)CN4)cc12. The molecule has 2 aliphatic heterocycles. The van der Waals surface area contributed by atoms with E-state index in [-0.39, 0.29) is 35.7 Å². The molecule has 1 unspecified atom stereocenters. The molecule has 13 heteroatoms. The third kappa shape index (κ3) is 4.76. The molecule has 0 saturated carbocycles. The van der Waals surface area contributed by atoms with Crippen LogP contribution >= 0.6 is 0 Å². The normalized spacial score (nSPS) is 17.4. The topological polar surface area (TPSA) is 126 Å². The fraction of sp³-hybridized carbons (Fsp3) is 0.233. The third-order valence-electron chi connectivity index (χ3n) is 7.89. The third-order valence-corrected chi connectivity index (χ3v) is 7.89. The Morgan fingerprint density at radius 1 is 1.07 bits per heavy atom. The lowest BCUT2D eigenvalue weighted by atomic mass is 9.99. The second-order valence-corrected chi connectivity index (χ2v) is 10.7. The van der Waals surface area contributed by atoms with Gasteiger partial charge in [0.05, 0.1) is 23.8 Å². The number of aliphatic hydroxyl groups excluding tert-OH is 1. The predicted molar refractivity (Wildman–Crippen MR) is 154 cm³/mol. The maximum atomic E-state index is 14.0. The average Bonchev–Trinajstić information content (AvgIpc) is 3.70. The number of nitrogen functional groups attached to an aromatic ring is 1. The first-order valence-corrected chi connectivity index (χ1v) is 13.7. The zero-order valence-electron chi connectivity index (χ0n) is 22.7. The van der Waals surface area contributed by atoms with Gasteiger partial charge in [-0.05, 0) is 53.4 Å². The highest BCUT2D eigenvalue weighted by atomic mass is 19.4. The van der Waals surface area contributed by atoms with Crippen LogP contribution in [-0.2, 0) is 12.7 Å². The van der Waals surface area contributed by atoms with Gasteiger partial charge >= 0.3 is 6.18 Å². The van der Waals surface area contributed by atoms with E-state index in [2.05, 4.69) is 26.5 Å². The summed E-state index contributed by atoms with van der Waals surface area (Å²) in [6.45, 7) is 1.98. The molecule has 3 aromatic carbocycles. The Morgan fingerprint density at radius 3 is 2.58 bits per heavy atom. The van der Waals surface area contributed by atoms with Gasteiger partial charge in [0.15, 0.2) is 22.8 Å². The summed E-state index contributed by atoms with van der Waals surface area (Å²) in [4.78, 5) is 17.4. The van der Waals surface area contributed by atoms with Crippen molar-refractivity contribution in [2.45, 2.75) is 25.2 Å². The van der Waals surface area contributed by atoms with Gasteiger partial charge in [-0.3, -0.25) is 14.6 Å². The van der Waals surface area contributed by atoms with E-state index in [0.29, 0.717) is 29.7 Å². The number of carbonyl (C=O) groups is 1. The summed E-state index contributed by atoms with van der Waals surface area (Å²) in [5, 5.41) is 20.6. The maximum Gasteiger partial charge on any atom is 0.437 e. The number of anilines is 3. The van der Waals surface area contributed by atoms with Crippen LogP contribution in [0.1, 0.15) is 28.2 Å². The number of hydrogen-bond donors (Lipinski definition) is 3. The molecule has 43 heavy (non-hydrogen) atoms. The molecule has 0 aliphatic carbocycles. The Morgan fingerprint density at radius 2 is 1.84 bits per heavy atom. The molecule has 0 spiro atoms. The number of carbonyl (C=O) groups excluding carboxylic acids is 1. The molecule has 4 N–H and O–H groups in total. The van der Waals surface area contributed by atoms with E-state index >= 15 is 0 Å². The molecule has 10 nitrogen and oxygen atoms in total. The molecule has 5 aromatic rings. The fourth-order valence-electron chi connectivity index (χ4n) is 5.77. The molecule has 2 aromatic heterocycles. The van der Waals surface area contributed by atoms with Crippen LogP contribution in [0.4, 0.5) is 30.4 Å². The van der Waals surface area contributed by atoms with E-state index in [1.165, 1.54) is 23.1 Å². The summed E-state index contributed by atoms with van der Waals surface area (Å²) in [7, 11) is 0. The molecular formula is C30H26F3N7O3. The van der Waals surface area contributed by atoms with Crippen LogP contribution in [0, 0.1) is 0 Å². The number of aliphatic hydroxyl groups is 1. The molecule has 1 fully saturated rings. The fourth-order valence-corrected chi connectivity index (χ4v) is 5.77. The van der Waals surface area contributed by atoms with Crippen LogP contribution in [0.2, 0.25) is 0 Å². The first-order valence-electron chi connectivity index (χ1n) is 13.7. The predicted octanol–water partition coefficient (Wildman–Crippen LogP) is 4.88. The number of fused-ring (bicyclic) bond motifs is 2. The van der Waals surface area contributed by atoms with E-state index in [1.54, 1.807) is 12.1 Å². The number of nitrogens with zero attached hydrogens (tertiary/aromatic N) is 5. The molecule has 220 valence electrons. The zero-order chi connectivity index (χ0) is 29.9. The second-order valence-electron chi connectivity index (χ2n) is 10.7. The number of hydrogen-bond acceptors (Lipinski definition) is 8. The Bertz CT molecular complexity index is 1850. The van der Waals surface area contributed by atoms with Crippen LogP contribution in [-0.4, -0.2) is 56.7 Å². The van der Waals surface area contributed by atoms with Gasteiger partial charge in [-0.1, -0.05) is 41.6 Å². The minimum atomic E-state index is -4.80. The highest BCUT2D eigenvalue weighted by Crippen LogP contribution is 2.40. The van der Waals surface area contributed by atoms with Crippen molar-refractivity contribution in [2.24, 2.45) is 0 Å². The lowest BCUT2D eigenvalue weighted by Gasteiger charge is -2.29. The van der Waals surface area contributed by atoms with Crippen molar-refractivity contribution in [2.75, 3.05) is 35.7 Å². The Labute approximate surface area is 243 Å². The summed E-state index contributed by atoms with van der Waals surface area (Å²) < 4.78 is 48.1. The molecule has 7 rings (SSSR count). The molecule has 0 radical (unpaired) electrons. The second kappa shape index (κ2) is 10.1. The smallest absolute Gasteiger partial charge is 0.392 e. The van der Waals surface area contributed by atoms with Crippen molar-refractivity contribution < 1.29 is 27.6 Å². The van der Waals surface area contributed by atoms with Gasteiger partial charge in [-0.2, -0.15) is 18.3 Å². The quantitative estimate of drug-likeness (QED) is 0.265. The monoisotopic (exact) mass is 589 g/mol. The maximum absolute atomic E-state index is 14.0. The largest absolute Gasteiger partial charge is 0.437 e. The zero-order valence-corrected chi connectivity index (χ0v) is 22.7. The summed E-state index contributed by atoms with van der Waals surface area (Å²) in [5.41, 5.74) is 8.15. The van der Waals surface area contributed by atoms with Gasteiger partial charge in [0.25, 0.3) is 5.91 Å². The Kier molecular flexibility index (Phi) is 6.36. The van der Waals surface area contributed by atoms with E-state index in [4.69, 9.17) is 10.3 Å². The summed E-state index contributed by atoms with van der Waals surface area (Å²) >= 11 is 0. The van der Waals surface area contributed by atoms with Crippen LogP contribution in [0.5, 0.6) is 0 Å². The van der Waals surface area contributed by atoms with Gasteiger partial charge in [0, 0.05) is 25.3 Å². The van der Waals surface area contributed by atoms with Gasteiger partial charge in [0.1, 0.15) is 5.69 Å². The van der Waals surface area contributed by atoms with E-state index < -0.39 is 17.8 Å². The van der Waals surface area contributed by atoms with Crippen molar-refractivity contribution >= 4 is 34.1 Å². The van der Waals surface area contributed by atoms with Crippen molar-refractivity contribution in [1.82, 2.24) is 19.8 Å². The summed E-state index contributed by atoms with van der Waals surface area (Å²) in [6, 6.07) is 19.8. The number of benzene rings is 3. The molecule has 4 heterocycles. The first-order chi connectivity index (χ1) is 20.7. The molecule has 1 amide bonds. The number of rotatable bonds is 5. The molecule has 0 bridgehead atoms. The number of likely N-dealkylation sites (tertiary alicyclic amines) is 1. The van der Waals surface area contributed by atoms with Crippen LogP contribution in [0.3, 0.4) is 0 Å². The van der Waals surface area contributed by atoms with Gasteiger partial charge in [-0.25, -0.2) is 4.68 Å². The van der Waals surface area contributed by atoms with Crippen LogP contribution in [0.15, 0.2) is 71.3 Å². The summed E-state index contributed by atoms with van der Waals surface area (Å²) in [5.74, 6) is -0.574. The van der Waals surface area contributed by atoms with Gasteiger partial charge in [-0.15, -0.1) is 0 Å². The number of nitrogens with two attached hydrogens (primary N) is 1. The first kappa shape index (κ1) is 27.0. The van der Waals surface area contributed by atoms with Crippen molar-refractivity contribution in [1.29, 1.82) is 0 Å². The van der Waals surface area contributed by atoms with Crippen LogP contribution < -0.4 is 16.0 Å². The number of amides is 1. The van der Waals surface area contributed by atoms with E-state index in [1.807, 2.05) is 30.3 Å². The molecule has 1 saturated heterocycles.